The van der Waals surface area contributed by atoms with Gasteiger partial charge in [-0.1, -0.05) is 0 Å². The molecule has 124 valence electrons. The highest BCUT2D eigenvalue weighted by Crippen LogP contribution is 2.28. The summed E-state index contributed by atoms with van der Waals surface area (Å²) < 4.78 is 15.5. The van der Waals surface area contributed by atoms with Crippen molar-refractivity contribution in [2.45, 2.75) is 75.3 Å². The molecule has 0 aromatic rings. The molecular formula is C12H22O9. The van der Waals surface area contributed by atoms with Gasteiger partial charge in [-0.3, -0.25) is 0 Å². The third-order valence-corrected chi connectivity index (χ3v) is 3.90. The maximum atomic E-state index is 9.91. The zero-order valence-corrected chi connectivity index (χ0v) is 11.7. The van der Waals surface area contributed by atoms with Crippen LogP contribution in [-0.4, -0.2) is 92.1 Å². The summed E-state index contributed by atoms with van der Waals surface area (Å²) in [5, 5.41) is 58.5. The molecule has 2 aliphatic heterocycles. The minimum atomic E-state index is -1.58. The predicted molar refractivity (Wildman–Crippen MR) is 65.8 cm³/mol. The maximum Gasteiger partial charge on any atom is 0.187 e. The Morgan fingerprint density at radius 3 is 1.81 bits per heavy atom. The molecule has 2 rings (SSSR count). The SMILES string of the molecule is C[C@@H]1O[C@H](O[C@H]2[C@H](O)[C@H](O)[C@H](C)O[C@H]2O)[C@@H](O)[C@H](O)[C@@H]1O. The Kier molecular flexibility index (Phi) is 5.19. The van der Waals surface area contributed by atoms with Crippen LogP contribution in [0.3, 0.4) is 0 Å². The zero-order chi connectivity index (χ0) is 15.9. The lowest BCUT2D eigenvalue weighted by molar-refractivity contribution is -0.356. The van der Waals surface area contributed by atoms with Gasteiger partial charge in [0.15, 0.2) is 12.6 Å². The molecule has 0 spiro atoms. The molecule has 0 aliphatic carbocycles. The summed E-state index contributed by atoms with van der Waals surface area (Å²) in [6, 6.07) is 0. The van der Waals surface area contributed by atoms with E-state index in [0.717, 1.165) is 0 Å². The second-order valence-corrected chi connectivity index (χ2v) is 5.50. The van der Waals surface area contributed by atoms with Gasteiger partial charge >= 0.3 is 0 Å². The molecule has 21 heavy (non-hydrogen) atoms. The number of aliphatic hydroxyl groups is 6. The fourth-order valence-corrected chi connectivity index (χ4v) is 2.45. The van der Waals surface area contributed by atoms with Crippen molar-refractivity contribution in [1.82, 2.24) is 0 Å². The van der Waals surface area contributed by atoms with Gasteiger partial charge in [-0.25, -0.2) is 0 Å². The summed E-state index contributed by atoms with van der Waals surface area (Å²) >= 11 is 0. The van der Waals surface area contributed by atoms with Crippen LogP contribution in [0.2, 0.25) is 0 Å². The van der Waals surface area contributed by atoms with E-state index in [1.165, 1.54) is 13.8 Å². The first-order valence-electron chi connectivity index (χ1n) is 6.78. The second kappa shape index (κ2) is 6.41. The number of rotatable bonds is 2. The quantitative estimate of drug-likeness (QED) is 0.308. The summed E-state index contributed by atoms with van der Waals surface area (Å²) in [4.78, 5) is 0. The molecule has 0 radical (unpaired) electrons. The average molecular weight is 310 g/mol. The molecule has 0 amide bonds. The lowest BCUT2D eigenvalue weighted by atomic mass is 9.98. The molecule has 0 aromatic heterocycles. The molecule has 2 fully saturated rings. The van der Waals surface area contributed by atoms with Gasteiger partial charge in [0.1, 0.15) is 36.6 Å². The Labute approximate surface area is 121 Å². The number of ether oxygens (including phenoxy) is 3. The van der Waals surface area contributed by atoms with Crippen LogP contribution in [0.25, 0.3) is 0 Å². The van der Waals surface area contributed by atoms with E-state index in [1.807, 2.05) is 0 Å². The lowest BCUT2D eigenvalue weighted by Gasteiger charge is -2.44. The van der Waals surface area contributed by atoms with Crippen LogP contribution in [0.15, 0.2) is 0 Å². The van der Waals surface area contributed by atoms with Crippen molar-refractivity contribution in [3.8, 4) is 0 Å². The highest BCUT2D eigenvalue weighted by atomic mass is 16.7. The fourth-order valence-electron chi connectivity index (χ4n) is 2.45. The third-order valence-electron chi connectivity index (χ3n) is 3.90. The van der Waals surface area contributed by atoms with Gasteiger partial charge in [-0.05, 0) is 13.8 Å². The van der Waals surface area contributed by atoms with E-state index in [0.29, 0.717) is 0 Å². The summed E-state index contributed by atoms with van der Waals surface area (Å²) in [6.07, 6.45) is -13.0. The normalized spacial score (nSPS) is 55.4. The van der Waals surface area contributed by atoms with Crippen LogP contribution in [-0.2, 0) is 14.2 Å². The maximum absolute atomic E-state index is 9.91. The Morgan fingerprint density at radius 2 is 1.19 bits per heavy atom. The summed E-state index contributed by atoms with van der Waals surface area (Å²) in [7, 11) is 0. The van der Waals surface area contributed by atoms with E-state index < -0.39 is 61.4 Å². The van der Waals surface area contributed by atoms with Crippen molar-refractivity contribution in [3.63, 3.8) is 0 Å². The van der Waals surface area contributed by atoms with E-state index in [9.17, 15) is 30.6 Å². The van der Waals surface area contributed by atoms with Crippen LogP contribution >= 0.6 is 0 Å². The number of aliphatic hydroxyl groups excluding tert-OH is 6. The molecule has 9 heteroatoms. The van der Waals surface area contributed by atoms with Crippen molar-refractivity contribution in [3.05, 3.63) is 0 Å². The van der Waals surface area contributed by atoms with Crippen molar-refractivity contribution >= 4 is 0 Å². The molecule has 6 N–H and O–H groups in total. The minimum absolute atomic E-state index is 0.793. The number of hydrogen-bond donors (Lipinski definition) is 6. The van der Waals surface area contributed by atoms with Crippen molar-refractivity contribution in [2.24, 2.45) is 0 Å². The van der Waals surface area contributed by atoms with Crippen LogP contribution in [0, 0.1) is 0 Å². The molecule has 10 atom stereocenters. The van der Waals surface area contributed by atoms with Crippen molar-refractivity contribution < 1.29 is 44.8 Å². The van der Waals surface area contributed by atoms with Crippen molar-refractivity contribution in [1.29, 1.82) is 0 Å². The molecule has 0 saturated carbocycles. The molecule has 0 bridgehead atoms. The zero-order valence-electron chi connectivity index (χ0n) is 11.7. The summed E-state index contributed by atoms with van der Waals surface area (Å²) in [6.45, 7) is 2.94. The lowest BCUT2D eigenvalue weighted by Crippen LogP contribution is -2.62. The first kappa shape index (κ1) is 17.0. The minimum Gasteiger partial charge on any atom is -0.388 e. The van der Waals surface area contributed by atoms with Crippen LogP contribution in [0.4, 0.5) is 0 Å². The number of hydrogen-bond acceptors (Lipinski definition) is 9. The van der Waals surface area contributed by atoms with Gasteiger partial charge in [0, 0.05) is 0 Å². The third kappa shape index (κ3) is 3.21. The second-order valence-electron chi connectivity index (χ2n) is 5.50. The van der Waals surface area contributed by atoms with Crippen LogP contribution in [0.1, 0.15) is 13.8 Å². The van der Waals surface area contributed by atoms with E-state index in [4.69, 9.17) is 14.2 Å². The Bertz CT molecular complexity index is 354. The largest absolute Gasteiger partial charge is 0.388 e. The Balaban J connectivity index is 2.06. The molecule has 2 heterocycles. The molecule has 2 saturated heterocycles. The van der Waals surface area contributed by atoms with E-state index in [1.54, 1.807) is 0 Å². The molecule has 9 nitrogen and oxygen atoms in total. The first-order valence-corrected chi connectivity index (χ1v) is 6.78. The van der Waals surface area contributed by atoms with E-state index in [2.05, 4.69) is 0 Å². The highest BCUT2D eigenvalue weighted by Gasteiger charge is 2.48. The van der Waals surface area contributed by atoms with Crippen LogP contribution < -0.4 is 0 Å². The molecule has 0 unspecified atom stereocenters. The molecule has 2 aliphatic rings. The average Bonchev–Trinajstić information content (AvgIpc) is 2.44. The van der Waals surface area contributed by atoms with Gasteiger partial charge in [-0.2, -0.15) is 0 Å². The summed E-state index contributed by atoms with van der Waals surface area (Å²) in [5.41, 5.74) is 0. The van der Waals surface area contributed by atoms with Crippen molar-refractivity contribution in [2.75, 3.05) is 0 Å². The summed E-state index contributed by atoms with van der Waals surface area (Å²) in [5.74, 6) is 0. The monoisotopic (exact) mass is 310 g/mol. The van der Waals surface area contributed by atoms with Gasteiger partial charge in [0.25, 0.3) is 0 Å². The highest BCUT2D eigenvalue weighted by molar-refractivity contribution is 4.91. The van der Waals surface area contributed by atoms with Gasteiger partial charge < -0.3 is 44.8 Å². The first-order chi connectivity index (χ1) is 9.73. The van der Waals surface area contributed by atoms with Crippen LogP contribution in [0.5, 0.6) is 0 Å². The van der Waals surface area contributed by atoms with E-state index in [-0.39, 0.29) is 0 Å². The fraction of sp³-hybridized carbons (Fsp3) is 1.00. The van der Waals surface area contributed by atoms with Gasteiger partial charge in [0.05, 0.1) is 12.2 Å². The molecule has 0 aromatic carbocycles. The molecular weight excluding hydrogens is 288 g/mol. The van der Waals surface area contributed by atoms with Gasteiger partial charge in [-0.15, -0.1) is 0 Å². The predicted octanol–water partition coefficient (Wildman–Crippen LogP) is -3.34. The van der Waals surface area contributed by atoms with E-state index >= 15 is 0 Å². The Morgan fingerprint density at radius 1 is 0.667 bits per heavy atom. The topological polar surface area (TPSA) is 149 Å². The van der Waals surface area contributed by atoms with Gasteiger partial charge in [0.2, 0.25) is 0 Å². The standard InChI is InChI=1S/C12H22O9/c1-3-6(14)8(16)10(11(18)19-3)21-12-9(17)7(15)5(13)4(2)20-12/h3-18H,1-2H3/t3-,4-,5+,6+,7+,8+,9-,10-,11+,12+/m0/s1. The Hall–Kier alpha value is -0.360. The smallest absolute Gasteiger partial charge is 0.187 e.